The number of nitrogens with one attached hydrogen (secondary N) is 1. The summed E-state index contributed by atoms with van der Waals surface area (Å²) in [6, 6.07) is 25.3. The minimum absolute atomic E-state index is 0.0108. The van der Waals surface area contributed by atoms with E-state index in [-0.39, 0.29) is 36.4 Å². The molecule has 1 aliphatic carbocycles. The van der Waals surface area contributed by atoms with Crippen molar-refractivity contribution in [2.45, 2.75) is 43.1 Å². The molecule has 1 N–H and O–H groups in total. The van der Waals surface area contributed by atoms with Gasteiger partial charge in [-0.15, -0.1) is 0 Å². The number of hydrogen-bond acceptors (Lipinski definition) is 6. The summed E-state index contributed by atoms with van der Waals surface area (Å²) in [5.41, 5.74) is 3.18. The normalized spacial score (nSPS) is 21.8. The number of ether oxygens (including phenoxy) is 2. The van der Waals surface area contributed by atoms with Gasteiger partial charge in [0.05, 0.1) is 24.7 Å². The molecule has 2 atom stereocenters. The summed E-state index contributed by atoms with van der Waals surface area (Å²) < 4.78 is 11.2. The standard InChI is InChI=1S/C37H41N3O5/c1-2-24-45-36(43)37(27-10-4-3-5-11-27)19-16-30(29-12-6-8-14-32(29)37)35(42)40-20-17-28(18-21-40)38-34(41)31-13-7-9-15-33(31)39-22-25-44-26-23-39/h2-15,28,30H,1,16-26H2,(H,38,41)/t30-,37?/m1/s1. The number of fused-ring (bicyclic) bond motifs is 1. The second kappa shape index (κ2) is 13.7. The van der Waals surface area contributed by atoms with E-state index >= 15 is 0 Å². The summed E-state index contributed by atoms with van der Waals surface area (Å²) in [4.78, 5) is 45.3. The number of carbonyl (C=O) groups excluding carboxylic acids is 3. The Balaban J connectivity index is 1.15. The molecule has 2 heterocycles. The molecule has 3 aromatic rings. The molecular formula is C37H41N3O5. The van der Waals surface area contributed by atoms with Gasteiger partial charge in [0.15, 0.2) is 0 Å². The van der Waals surface area contributed by atoms with Gasteiger partial charge in [-0.1, -0.05) is 79.4 Å². The van der Waals surface area contributed by atoms with Gasteiger partial charge in [-0.2, -0.15) is 0 Å². The highest BCUT2D eigenvalue weighted by molar-refractivity contribution is 6.00. The number of likely N-dealkylation sites (tertiary alicyclic amines) is 1. The van der Waals surface area contributed by atoms with Crippen molar-refractivity contribution in [3.8, 4) is 0 Å². The van der Waals surface area contributed by atoms with E-state index in [9.17, 15) is 14.4 Å². The van der Waals surface area contributed by atoms with Gasteiger partial charge in [-0.25, -0.2) is 0 Å². The van der Waals surface area contributed by atoms with E-state index in [1.54, 1.807) is 6.08 Å². The van der Waals surface area contributed by atoms with Crippen LogP contribution in [0.2, 0.25) is 0 Å². The zero-order valence-electron chi connectivity index (χ0n) is 25.7. The molecule has 0 bridgehead atoms. The van der Waals surface area contributed by atoms with Gasteiger partial charge in [0.1, 0.15) is 12.0 Å². The molecule has 3 aliphatic rings. The summed E-state index contributed by atoms with van der Waals surface area (Å²) >= 11 is 0. The number of esters is 1. The van der Waals surface area contributed by atoms with E-state index in [0.29, 0.717) is 57.6 Å². The van der Waals surface area contributed by atoms with Crippen LogP contribution in [0.5, 0.6) is 0 Å². The lowest BCUT2D eigenvalue weighted by Crippen LogP contribution is -2.49. The summed E-state index contributed by atoms with van der Waals surface area (Å²) in [7, 11) is 0. The highest BCUT2D eigenvalue weighted by Gasteiger charge is 2.50. The van der Waals surface area contributed by atoms with Crippen LogP contribution in [0, 0.1) is 0 Å². The smallest absolute Gasteiger partial charge is 0.321 e. The van der Waals surface area contributed by atoms with Gasteiger partial charge in [0.25, 0.3) is 5.91 Å². The van der Waals surface area contributed by atoms with Crippen molar-refractivity contribution in [1.29, 1.82) is 0 Å². The first kappa shape index (κ1) is 30.6. The predicted octanol–water partition coefficient (Wildman–Crippen LogP) is 4.84. The molecule has 2 fully saturated rings. The number of piperidine rings is 1. The molecule has 234 valence electrons. The number of benzene rings is 3. The number of morpholine rings is 1. The number of carbonyl (C=O) groups is 3. The van der Waals surface area contributed by atoms with Gasteiger partial charge >= 0.3 is 5.97 Å². The lowest BCUT2D eigenvalue weighted by molar-refractivity contribution is -0.149. The monoisotopic (exact) mass is 607 g/mol. The molecule has 45 heavy (non-hydrogen) atoms. The van der Waals surface area contributed by atoms with Crippen LogP contribution in [0.3, 0.4) is 0 Å². The third kappa shape index (κ3) is 6.12. The van der Waals surface area contributed by atoms with Crippen LogP contribution in [-0.2, 0) is 24.5 Å². The number of hydrogen-bond donors (Lipinski definition) is 1. The Kier molecular flexibility index (Phi) is 9.31. The largest absolute Gasteiger partial charge is 0.461 e. The second-order valence-electron chi connectivity index (χ2n) is 12.0. The third-order valence-corrected chi connectivity index (χ3v) is 9.49. The molecule has 0 saturated carbocycles. The van der Waals surface area contributed by atoms with Gasteiger partial charge in [-0.05, 0) is 54.5 Å². The number of nitrogens with zero attached hydrogens (tertiary/aromatic N) is 2. The van der Waals surface area contributed by atoms with Crippen molar-refractivity contribution in [3.05, 3.63) is 114 Å². The molecule has 1 unspecified atom stereocenters. The third-order valence-electron chi connectivity index (χ3n) is 9.49. The lowest BCUT2D eigenvalue weighted by atomic mass is 9.63. The first-order chi connectivity index (χ1) is 22.0. The van der Waals surface area contributed by atoms with Gasteiger partial charge in [0.2, 0.25) is 5.91 Å². The van der Waals surface area contributed by atoms with Crippen molar-refractivity contribution in [2.24, 2.45) is 0 Å². The highest BCUT2D eigenvalue weighted by atomic mass is 16.5. The van der Waals surface area contributed by atoms with E-state index < -0.39 is 5.41 Å². The molecule has 2 amide bonds. The van der Waals surface area contributed by atoms with E-state index in [0.717, 1.165) is 35.5 Å². The molecule has 3 aromatic carbocycles. The average molecular weight is 608 g/mol. The molecule has 2 saturated heterocycles. The summed E-state index contributed by atoms with van der Waals surface area (Å²) in [5, 5.41) is 3.23. The van der Waals surface area contributed by atoms with Crippen molar-refractivity contribution >= 4 is 23.5 Å². The molecule has 0 spiro atoms. The number of anilines is 1. The van der Waals surface area contributed by atoms with Crippen molar-refractivity contribution in [1.82, 2.24) is 10.2 Å². The van der Waals surface area contributed by atoms with E-state index in [4.69, 9.17) is 9.47 Å². The van der Waals surface area contributed by atoms with Gasteiger partial charge < -0.3 is 24.6 Å². The Hall–Kier alpha value is -4.43. The summed E-state index contributed by atoms with van der Waals surface area (Å²) in [5.74, 6) is -0.676. The highest BCUT2D eigenvalue weighted by Crippen LogP contribution is 2.48. The van der Waals surface area contributed by atoms with Crippen LogP contribution in [0.1, 0.15) is 58.6 Å². The van der Waals surface area contributed by atoms with E-state index in [1.165, 1.54) is 0 Å². The summed E-state index contributed by atoms with van der Waals surface area (Å²) in [6.07, 6.45) is 3.95. The molecule has 8 heteroatoms. The second-order valence-corrected chi connectivity index (χ2v) is 12.0. The first-order valence-electron chi connectivity index (χ1n) is 16.0. The van der Waals surface area contributed by atoms with Crippen LogP contribution < -0.4 is 10.2 Å². The van der Waals surface area contributed by atoms with E-state index in [1.807, 2.05) is 83.8 Å². The van der Waals surface area contributed by atoms with E-state index in [2.05, 4.69) is 16.8 Å². The Labute approximate surface area is 265 Å². The zero-order chi connectivity index (χ0) is 31.2. The molecule has 8 nitrogen and oxygen atoms in total. The summed E-state index contributed by atoms with van der Waals surface area (Å²) in [6.45, 7) is 7.80. The molecule has 2 aliphatic heterocycles. The van der Waals surface area contributed by atoms with Crippen molar-refractivity contribution in [3.63, 3.8) is 0 Å². The average Bonchev–Trinajstić information content (AvgIpc) is 3.11. The Morgan fingerprint density at radius 3 is 2.33 bits per heavy atom. The van der Waals surface area contributed by atoms with Crippen molar-refractivity contribution in [2.75, 3.05) is 50.9 Å². The topological polar surface area (TPSA) is 88.2 Å². The minimum atomic E-state index is -0.994. The zero-order valence-corrected chi connectivity index (χ0v) is 25.7. The maximum Gasteiger partial charge on any atom is 0.321 e. The predicted molar refractivity (Wildman–Crippen MR) is 173 cm³/mol. The number of rotatable bonds is 8. The fourth-order valence-electron chi connectivity index (χ4n) is 7.18. The molecular weight excluding hydrogens is 566 g/mol. The quantitative estimate of drug-likeness (QED) is 0.292. The first-order valence-corrected chi connectivity index (χ1v) is 16.0. The Morgan fingerprint density at radius 2 is 1.58 bits per heavy atom. The van der Waals surface area contributed by atoms with Gasteiger partial charge in [0, 0.05) is 37.9 Å². The molecule has 0 aromatic heterocycles. The van der Waals surface area contributed by atoms with Crippen LogP contribution in [0.25, 0.3) is 0 Å². The van der Waals surface area contributed by atoms with Crippen LogP contribution >= 0.6 is 0 Å². The number of amides is 2. The Bertz CT molecular complexity index is 1530. The van der Waals surface area contributed by atoms with Crippen LogP contribution in [-0.4, -0.2) is 74.7 Å². The van der Waals surface area contributed by atoms with Gasteiger partial charge in [-0.3, -0.25) is 14.4 Å². The van der Waals surface area contributed by atoms with Crippen molar-refractivity contribution < 1.29 is 23.9 Å². The minimum Gasteiger partial charge on any atom is -0.461 e. The molecule has 0 radical (unpaired) electrons. The van der Waals surface area contributed by atoms with Crippen LogP contribution in [0.4, 0.5) is 5.69 Å². The fourth-order valence-corrected chi connectivity index (χ4v) is 7.18. The number of para-hydroxylation sites is 1. The lowest BCUT2D eigenvalue weighted by Gasteiger charge is -2.42. The SMILES string of the molecule is C=CCOC(=O)C1(c2ccccc2)CC[C@@H](C(=O)N2CCC(NC(=O)c3ccccc3N3CCOCC3)CC2)c2ccccc21. The van der Waals surface area contributed by atoms with Crippen LogP contribution in [0.15, 0.2) is 91.5 Å². The maximum atomic E-state index is 14.1. The Morgan fingerprint density at radius 1 is 0.889 bits per heavy atom. The fraction of sp³-hybridized carbons (Fsp3) is 0.378. The molecule has 6 rings (SSSR count). The maximum absolute atomic E-state index is 14.1.